The van der Waals surface area contributed by atoms with Crippen LogP contribution in [0.2, 0.25) is 0 Å². The van der Waals surface area contributed by atoms with Gasteiger partial charge in [-0.2, -0.15) is 5.26 Å². The van der Waals surface area contributed by atoms with Crippen LogP contribution in [0.3, 0.4) is 0 Å². The summed E-state index contributed by atoms with van der Waals surface area (Å²) in [6, 6.07) is 10.6. The van der Waals surface area contributed by atoms with Gasteiger partial charge in [-0.25, -0.2) is 4.98 Å². The van der Waals surface area contributed by atoms with E-state index in [0.717, 1.165) is 60.4 Å². The highest BCUT2D eigenvalue weighted by atomic mass is 15.1. The van der Waals surface area contributed by atoms with Crippen molar-refractivity contribution in [3.05, 3.63) is 41.0 Å². The van der Waals surface area contributed by atoms with Gasteiger partial charge >= 0.3 is 0 Å². The summed E-state index contributed by atoms with van der Waals surface area (Å²) in [7, 11) is 4.20. The van der Waals surface area contributed by atoms with Gasteiger partial charge in [-0.1, -0.05) is 31.9 Å². The molecule has 0 bridgehead atoms. The third-order valence-electron chi connectivity index (χ3n) is 5.34. The molecule has 0 aliphatic heterocycles. The second-order valence-corrected chi connectivity index (χ2v) is 7.74. The summed E-state index contributed by atoms with van der Waals surface area (Å²) in [4.78, 5) is 7.00. The fourth-order valence-corrected chi connectivity index (χ4v) is 3.83. The molecule has 0 amide bonds. The highest BCUT2D eigenvalue weighted by molar-refractivity contribution is 5.86. The summed E-state index contributed by atoms with van der Waals surface area (Å²) in [5, 5.41) is 13.6. The Labute approximate surface area is 168 Å². The van der Waals surface area contributed by atoms with E-state index in [4.69, 9.17) is 4.98 Å². The highest BCUT2D eigenvalue weighted by Crippen LogP contribution is 2.32. The number of fused-ring (bicyclic) bond motifs is 3. The topological polar surface area (TPSA) is 56.4 Å². The zero-order valence-electron chi connectivity index (χ0n) is 17.5. The minimum absolute atomic E-state index is 0.696. The summed E-state index contributed by atoms with van der Waals surface area (Å²) >= 11 is 0. The molecule has 1 aromatic carbocycles. The molecule has 2 aromatic heterocycles. The zero-order valence-corrected chi connectivity index (χ0v) is 17.5. The van der Waals surface area contributed by atoms with Crippen LogP contribution >= 0.6 is 0 Å². The van der Waals surface area contributed by atoms with E-state index >= 15 is 0 Å². The molecule has 0 atom stereocenters. The predicted octanol–water partition coefficient (Wildman–Crippen LogP) is 4.76. The fraction of sp³-hybridized carbons (Fsp3) is 0.478. The van der Waals surface area contributed by atoms with Crippen molar-refractivity contribution in [2.24, 2.45) is 0 Å². The molecule has 0 radical (unpaired) electrons. The van der Waals surface area contributed by atoms with Crippen molar-refractivity contribution in [2.75, 3.05) is 32.5 Å². The summed E-state index contributed by atoms with van der Waals surface area (Å²) in [5.74, 6) is 1.11. The number of nitriles is 1. The molecule has 5 nitrogen and oxygen atoms in total. The summed E-state index contributed by atoms with van der Waals surface area (Å²) < 4.78 is 2.16. The predicted molar refractivity (Wildman–Crippen MR) is 117 cm³/mol. The third-order valence-corrected chi connectivity index (χ3v) is 5.34. The summed E-state index contributed by atoms with van der Waals surface area (Å²) in [5.41, 5.74) is 5.76. The molecule has 0 fully saturated rings. The van der Waals surface area contributed by atoms with Gasteiger partial charge in [0.1, 0.15) is 11.9 Å². The van der Waals surface area contributed by atoms with Gasteiger partial charge in [0, 0.05) is 6.54 Å². The van der Waals surface area contributed by atoms with Gasteiger partial charge in [0.2, 0.25) is 0 Å². The second-order valence-electron chi connectivity index (χ2n) is 7.74. The number of nitrogens with one attached hydrogen (secondary N) is 1. The number of rotatable bonds is 9. The molecule has 0 saturated carbocycles. The Kier molecular flexibility index (Phi) is 6.53. The monoisotopic (exact) mass is 377 g/mol. The van der Waals surface area contributed by atoms with Gasteiger partial charge in [-0.3, -0.25) is 4.40 Å². The van der Waals surface area contributed by atoms with Crippen LogP contribution in [0.4, 0.5) is 5.82 Å². The first-order valence-corrected chi connectivity index (χ1v) is 10.3. The lowest BCUT2D eigenvalue weighted by Crippen LogP contribution is -2.18. The number of hydrogen-bond acceptors (Lipinski definition) is 4. The van der Waals surface area contributed by atoms with E-state index < -0.39 is 0 Å². The second kappa shape index (κ2) is 9.07. The van der Waals surface area contributed by atoms with Gasteiger partial charge < -0.3 is 10.2 Å². The van der Waals surface area contributed by atoms with Crippen LogP contribution in [0.25, 0.3) is 16.7 Å². The van der Waals surface area contributed by atoms with Gasteiger partial charge in [-0.05, 0) is 70.1 Å². The summed E-state index contributed by atoms with van der Waals surface area (Å²) in [6.07, 6.45) is 5.56. The average Bonchev–Trinajstić information content (AvgIpc) is 3.06. The highest BCUT2D eigenvalue weighted by Gasteiger charge is 2.20. The zero-order chi connectivity index (χ0) is 20.1. The van der Waals surface area contributed by atoms with Crippen molar-refractivity contribution in [2.45, 2.75) is 46.0 Å². The SMILES string of the molecule is CCCCCc1c(C)c(C#N)c2nc3ccccc3n2c1NCCCN(C)C. The van der Waals surface area contributed by atoms with Crippen LogP contribution in [0.15, 0.2) is 24.3 Å². The number of aromatic nitrogens is 2. The van der Waals surface area contributed by atoms with Crippen LogP contribution in [0.5, 0.6) is 0 Å². The molecular formula is C23H31N5. The van der Waals surface area contributed by atoms with Gasteiger partial charge in [0.15, 0.2) is 5.65 Å². The Balaban J connectivity index is 2.15. The molecule has 1 N–H and O–H groups in total. The maximum Gasteiger partial charge on any atom is 0.157 e. The molecule has 0 aliphatic carbocycles. The molecule has 3 aromatic rings. The molecule has 148 valence electrons. The number of unbranched alkanes of at least 4 members (excludes halogenated alkanes) is 2. The molecule has 0 aliphatic rings. The van der Waals surface area contributed by atoms with E-state index in [0.29, 0.717) is 5.56 Å². The Morgan fingerprint density at radius 2 is 1.96 bits per heavy atom. The van der Waals surface area contributed by atoms with Crippen molar-refractivity contribution >= 4 is 22.5 Å². The Morgan fingerprint density at radius 3 is 2.68 bits per heavy atom. The molecule has 0 unspecified atom stereocenters. The van der Waals surface area contributed by atoms with E-state index in [9.17, 15) is 5.26 Å². The maximum atomic E-state index is 9.87. The van der Waals surface area contributed by atoms with Crippen molar-refractivity contribution in [1.82, 2.24) is 14.3 Å². The van der Waals surface area contributed by atoms with Gasteiger partial charge in [-0.15, -0.1) is 0 Å². The number of nitrogens with zero attached hydrogens (tertiary/aromatic N) is 4. The first-order chi connectivity index (χ1) is 13.6. The first kappa shape index (κ1) is 20.2. The molecule has 2 heterocycles. The molecule has 0 spiro atoms. The number of anilines is 1. The summed E-state index contributed by atoms with van der Waals surface area (Å²) in [6.45, 7) is 6.23. The minimum Gasteiger partial charge on any atom is -0.371 e. The molecular weight excluding hydrogens is 346 g/mol. The lowest BCUT2D eigenvalue weighted by atomic mass is 9.99. The number of pyridine rings is 1. The van der Waals surface area contributed by atoms with E-state index in [1.54, 1.807) is 0 Å². The van der Waals surface area contributed by atoms with E-state index in [1.807, 2.05) is 18.2 Å². The van der Waals surface area contributed by atoms with Crippen molar-refractivity contribution < 1.29 is 0 Å². The Hall–Kier alpha value is -2.58. The molecule has 5 heteroatoms. The van der Waals surface area contributed by atoms with Crippen LogP contribution in [0.1, 0.15) is 49.3 Å². The van der Waals surface area contributed by atoms with Crippen molar-refractivity contribution in [3.8, 4) is 6.07 Å². The van der Waals surface area contributed by atoms with Crippen molar-refractivity contribution in [1.29, 1.82) is 5.26 Å². The van der Waals surface area contributed by atoms with E-state index in [2.05, 4.69) is 54.7 Å². The van der Waals surface area contributed by atoms with Crippen LogP contribution in [-0.4, -0.2) is 41.5 Å². The lowest BCUT2D eigenvalue weighted by molar-refractivity contribution is 0.405. The molecule has 28 heavy (non-hydrogen) atoms. The molecule has 0 saturated heterocycles. The van der Waals surface area contributed by atoms with Crippen LogP contribution in [-0.2, 0) is 6.42 Å². The van der Waals surface area contributed by atoms with E-state index in [1.165, 1.54) is 18.4 Å². The maximum absolute atomic E-state index is 9.87. The Bertz CT molecular complexity index is 994. The quantitative estimate of drug-likeness (QED) is 0.546. The fourth-order valence-electron chi connectivity index (χ4n) is 3.83. The number of imidazole rings is 1. The van der Waals surface area contributed by atoms with Crippen LogP contribution in [0, 0.1) is 18.3 Å². The van der Waals surface area contributed by atoms with Gasteiger partial charge in [0.25, 0.3) is 0 Å². The lowest BCUT2D eigenvalue weighted by Gasteiger charge is -2.19. The largest absolute Gasteiger partial charge is 0.371 e. The van der Waals surface area contributed by atoms with Gasteiger partial charge in [0.05, 0.1) is 16.6 Å². The molecule has 3 rings (SSSR count). The average molecular weight is 378 g/mol. The first-order valence-electron chi connectivity index (χ1n) is 10.3. The standard InChI is InChI=1S/C23H31N5/c1-5-6-7-11-18-17(2)19(16-24)23-26-20-12-8-9-13-21(20)28(23)22(18)25-14-10-15-27(3)4/h8-9,12-13,25H,5-7,10-11,14-15H2,1-4H3. The normalized spacial score (nSPS) is 11.4. The number of hydrogen-bond donors (Lipinski definition) is 1. The van der Waals surface area contributed by atoms with E-state index in [-0.39, 0.29) is 0 Å². The van der Waals surface area contributed by atoms with Crippen molar-refractivity contribution in [3.63, 3.8) is 0 Å². The van der Waals surface area contributed by atoms with Crippen LogP contribution < -0.4 is 5.32 Å². The smallest absolute Gasteiger partial charge is 0.157 e. The minimum atomic E-state index is 0.696. The number of benzene rings is 1. The number of para-hydroxylation sites is 2. The Morgan fingerprint density at radius 1 is 1.18 bits per heavy atom. The third kappa shape index (κ3) is 3.98.